The summed E-state index contributed by atoms with van der Waals surface area (Å²) in [6.07, 6.45) is -0.842. The van der Waals surface area contributed by atoms with Gasteiger partial charge in [0.05, 0.1) is 11.4 Å². The van der Waals surface area contributed by atoms with Crippen molar-refractivity contribution in [2.75, 3.05) is 16.8 Å². The van der Waals surface area contributed by atoms with Gasteiger partial charge in [0.2, 0.25) is 0 Å². The average molecular weight is 521 g/mol. The Bertz CT molecular complexity index is 1380. The summed E-state index contributed by atoms with van der Waals surface area (Å²) in [4.78, 5) is 26.8. The number of amides is 2. The highest BCUT2D eigenvalue weighted by molar-refractivity contribution is 6.30. The summed E-state index contributed by atoms with van der Waals surface area (Å²) in [6.45, 7) is 2.04. The van der Waals surface area contributed by atoms with Crippen LogP contribution in [0, 0.1) is 18.6 Å². The Labute approximate surface area is 209 Å². The Kier molecular flexibility index (Phi) is 6.57. The van der Waals surface area contributed by atoms with Gasteiger partial charge >= 0.3 is 0 Å². The van der Waals surface area contributed by atoms with E-state index in [1.807, 2.05) is 0 Å². The van der Waals surface area contributed by atoms with E-state index in [2.05, 4.69) is 5.32 Å². The van der Waals surface area contributed by atoms with E-state index in [1.165, 1.54) is 49.4 Å². The second kappa shape index (κ2) is 9.22. The first-order valence-electron chi connectivity index (χ1n) is 10.9. The summed E-state index contributed by atoms with van der Waals surface area (Å²) in [5, 5.41) is 13.1. The second-order valence-corrected chi connectivity index (χ2v) is 9.19. The van der Waals surface area contributed by atoms with Crippen molar-refractivity contribution >= 4 is 34.8 Å². The topological polar surface area (TPSA) is 69.6 Å². The molecule has 3 aromatic rings. The van der Waals surface area contributed by atoms with Gasteiger partial charge in [0.15, 0.2) is 5.60 Å². The lowest BCUT2D eigenvalue weighted by Crippen LogP contribution is -2.42. The minimum Gasteiger partial charge on any atom is -0.379 e. The lowest BCUT2D eigenvalue weighted by atomic mass is 9.87. The highest BCUT2D eigenvalue weighted by atomic mass is 35.5. The predicted octanol–water partition coefficient (Wildman–Crippen LogP) is 6.07. The van der Waals surface area contributed by atoms with E-state index in [9.17, 15) is 32.3 Å². The molecule has 10 heteroatoms. The number of aryl methyl sites for hydroxylation is 1. The largest absolute Gasteiger partial charge is 0.379 e. The maximum absolute atomic E-state index is 14.9. The summed E-state index contributed by atoms with van der Waals surface area (Å²) in [5.41, 5.74) is -2.69. The van der Waals surface area contributed by atoms with Crippen LogP contribution >= 0.6 is 11.6 Å². The molecule has 0 bridgehead atoms. The molecule has 0 fully saturated rings. The third kappa shape index (κ3) is 4.56. The van der Waals surface area contributed by atoms with Crippen LogP contribution in [0.15, 0.2) is 54.6 Å². The molecule has 1 heterocycles. The lowest BCUT2D eigenvalue weighted by Gasteiger charge is -2.32. The number of rotatable bonds is 3. The molecule has 0 unspecified atom stereocenters. The number of halogens is 5. The highest BCUT2D eigenvalue weighted by Crippen LogP contribution is 2.47. The van der Waals surface area contributed by atoms with Gasteiger partial charge in [-0.3, -0.25) is 9.59 Å². The lowest BCUT2D eigenvalue weighted by molar-refractivity contribution is -0.177. The van der Waals surface area contributed by atoms with E-state index in [-0.39, 0.29) is 33.1 Å². The number of carbonyl (C=O) groups excluding carboxylic acids is 2. The minimum atomic E-state index is -3.57. The van der Waals surface area contributed by atoms with Crippen molar-refractivity contribution < 1.29 is 32.3 Å². The first-order chi connectivity index (χ1) is 16.8. The van der Waals surface area contributed by atoms with Gasteiger partial charge in [-0.1, -0.05) is 11.6 Å². The molecule has 5 nitrogen and oxygen atoms in total. The fourth-order valence-electron chi connectivity index (χ4n) is 4.13. The van der Waals surface area contributed by atoms with E-state index in [0.717, 1.165) is 24.0 Å². The van der Waals surface area contributed by atoms with Gasteiger partial charge in [-0.25, -0.2) is 17.6 Å². The molecule has 1 aliphatic heterocycles. The summed E-state index contributed by atoms with van der Waals surface area (Å²) < 4.78 is 57.7. The SMILES string of the molecule is Cc1cc(F)ccc1C(=O)Nc1ccc(C(=O)N2CCC(F)(F)[C@](C)(O)c3cc(Cl)ccc32)cc1F. The van der Waals surface area contributed by atoms with E-state index in [0.29, 0.717) is 5.56 Å². The van der Waals surface area contributed by atoms with Gasteiger partial charge in [0.1, 0.15) is 11.6 Å². The highest BCUT2D eigenvalue weighted by Gasteiger charge is 2.53. The van der Waals surface area contributed by atoms with Crippen molar-refractivity contribution in [3.8, 4) is 0 Å². The Morgan fingerprint density at radius 3 is 2.44 bits per heavy atom. The van der Waals surface area contributed by atoms with Gasteiger partial charge in [-0.2, -0.15) is 0 Å². The van der Waals surface area contributed by atoms with Crippen LogP contribution in [0.1, 0.15) is 45.2 Å². The molecule has 0 radical (unpaired) electrons. The van der Waals surface area contributed by atoms with Crippen LogP contribution in [0.3, 0.4) is 0 Å². The van der Waals surface area contributed by atoms with Crippen LogP contribution in [0.2, 0.25) is 5.02 Å². The zero-order chi connectivity index (χ0) is 26.4. The van der Waals surface area contributed by atoms with Crippen molar-refractivity contribution in [3.05, 3.63) is 93.5 Å². The molecule has 36 heavy (non-hydrogen) atoms. The van der Waals surface area contributed by atoms with Crippen LogP contribution in [0.25, 0.3) is 0 Å². The number of anilines is 2. The molecule has 188 valence electrons. The van der Waals surface area contributed by atoms with Crippen molar-refractivity contribution in [1.82, 2.24) is 0 Å². The number of hydrogen-bond donors (Lipinski definition) is 2. The molecular weight excluding hydrogens is 500 g/mol. The van der Waals surface area contributed by atoms with Crippen molar-refractivity contribution in [2.45, 2.75) is 31.8 Å². The zero-order valence-electron chi connectivity index (χ0n) is 19.2. The zero-order valence-corrected chi connectivity index (χ0v) is 20.0. The number of aliphatic hydroxyl groups is 1. The number of carbonyl (C=O) groups is 2. The maximum Gasteiger partial charge on any atom is 0.281 e. The third-order valence-electron chi connectivity index (χ3n) is 6.28. The number of nitrogens with zero attached hydrogens (tertiary/aromatic N) is 1. The van der Waals surface area contributed by atoms with Crippen LogP contribution in [-0.2, 0) is 5.60 Å². The average Bonchev–Trinajstić information content (AvgIpc) is 2.87. The maximum atomic E-state index is 14.9. The summed E-state index contributed by atoms with van der Waals surface area (Å²) in [6, 6.07) is 10.8. The molecule has 0 saturated heterocycles. The van der Waals surface area contributed by atoms with E-state index in [1.54, 1.807) is 0 Å². The Morgan fingerprint density at radius 1 is 1.06 bits per heavy atom. The van der Waals surface area contributed by atoms with Crippen LogP contribution in [0.5, 0.6) is 0 Å². The third-order valence-corrected chi connectivity index (χ3v) is 6.51. The molecule has 4 rings (SSSR count). The Hall–Kier alpha value is -3.43. The normalized spacial score (nSPS) is 18.8. The van der Waals surface area contributed by atoms with E-state index >= 15 is 0 Å². The van der Waals surface area contributed by atoms with Gasteiger partial charge in [0, 0.05) is 34.7 Å². The molecular formula is C26H21ClF4N2O3. The van der Waals surface area contributed by atoms with E-state index in [4.69, 9.17) is 11.6 Å². The Morgan fingerprint density at radius 2 is 1.78 bits per heavy atom. The molecule has 1 aliphatic rings. The fraction of sp³-hybridized carbons (Fsp3) is 0.231. The van der Waals surface area contributed by atoms with Crippen molar-refractivity contribution in [1.29, 1.82) is 0 Å². The number of fused-ring (bicyclic) bond motifs is 1. The molecule has 0 saturated carbocycles. The summed E-state index contributed by atoms with van der Waals surface area (Å²) in [7, 11) is 0. The number of alkyl halides is 2. The molecule has 0 spiro atoms. The minimum absolute atomic E-state index is 0.0242. The summed E-state index contributed by atoms with van der Waals surface area (Å²) in [5.74, 6) is -6.47. The standard InChI is InChI=1S/C26H21ClF4N2O3/c1-14-11-17(28)5-6-18(14)23(34)32-21-7-3-15(12-20(21)29)24(35)33-10-9-26(30,31)25(2,36)19-13-16(27)4-8-22(19)33/h3-8,11-13,36H,9-10H2,1-2H3,(H,32,34)/t25-/m1/s1. The van der Waals surface area contributed by atoms with E-state index < -0.39 is 47.9 Å². The number of hydrogen-bond acceptors (Lipinski definition) is 3. The molecule has 2 amide bonds. The van der Waals surface area contributed by atoms with Gasteiger partial charge in [-0.15, -0.1) is 0 Å². The van der Waals surface area contributed by atoms with Crippen LogP contribution < -0.4 is 10.2 Å². The summed E-state index contributed by atoms with van der Waals surface area (Å²) >= 11 is 5.97. The smallest absolute Gasteiger partial charge is 0.281 e. The van der Waals surface area contributed by atoms with Crippen molar-refractivity contribution in [2.24, 2.45) is 0 Å². The number of benzene rings is 3. The van der Waals surface area contributed by atoms with Gasteiger partial charge in [-0.05, 0) is 74.0 Å². The quantitative estimate of drug-likeness (QED) is 0.412. The molecule has 3 aromatic carbocycles. The second-order valence-electron chi connectivity index (χ2n) is 8.75. The molecule has 0 aromatic heterocycles. The number of nitrogens with one attached hydrogen (secondary N) is 1. The fourth-order valence-corrected chi connectivity index (χ4v) is 4.31. The first-order valence-corrected chi connectivity index (χ1v) is 11.3. The monoisotopic (exact) mass is 520 g/mol. The Balaban J connectivity index is 1.64. The van der Waals surface area contributed by atoms with Gasteiger partial charge in [0.25, 0.3) is 17.7 Å². The van der Waals surface area contributed by atoms with Crippen LogP contribution in [-0.4, -0.2) is 29.4 Å². The molecule has 2 N–H and O–H groups in total. The van der Waals surface area contributed by atoms with Crippen LogP contribution in [0.4, 0.5) is 28.9 Å². The first kappa shape index (κ1) is 25.7. The predicted molar refractivity (Wildman–Crippen MR) is 128 cm³/mol. The molecule has 0 aliphatic carbocycles. The van der Waals surface area contributed by atoms with Crippen molar-refractivity contribution in [3.63, 3.8) is 0 Å². The molecule has 1 atom stereocenters. The van der Waals surface area contributed by atoms with Gasteiger partial charge < -0.3 is 15.3 Å².